The van der Waals surface area contributed by atoms with E-state index in [0.717, 1.165) is 37.6 Å². The van der Waals surface area contributed by atoms with Gasteiger partial charge >= 0.3 is 0 Å². The van der Waals surface area contributed by atoms with Gasteiger partial charge in [-0.05, 0) is 43.7 Å². The smallest absolute Gasteiger partial charge is 0.228 e. The van der Waals surface area contributed by atoms with Gasteiger partial charge in [0.25, 0.3) is 0 Å². The molecule has 0 aliphatic heterocycles. The Morgan fingerprint density at radius 1 is 1.25 bits per heavy atom. The molecule has 2 aromatic heterocycles. The summed E-state index contributed by atoms with van der Waals surface area (Å²) < 4.78 is 7.23. The number of nitrogens with zero attached hydrogens (tertiary/aromatic N) is 5. The molecule has 0 spiro atoms. The monoisotopic (exact) mass is 401 g/mol. The summed E-state index contributed by atoms with van der Waals surface area (Å²) in [6.45, 7) is 5.05. The Morgan fingerprint density at radius 3 is 2.86 bits per heavy atom. The van der Waals surface area contributed by atoms with Crippen LogP contribution in [0.2, 0.25) is 5.02 Å². The molecular formula is C19H24ClN7O. The molecule has 0 fully saturated rings. The van der Waals surface area contributed by atoms with Crippen molar-refractivity contribution in [1.82, 2.24) is 30.6 Å². The maximum atomic E-state index is 5.91. The molecule has 3 aromatic rings. The van der Waals surface area contributed by atoms with Crippen LogP contribution in [0.3, 0.4) is 0 Å². The Morgan fingerprint density at radius 2 is 2.11 bits per heavy atom. The van der Waals surface area contributed by atoms with Crippen LogP contribution in [0.25, 0.3) is 11.4 Å². The average molecular weight is 402 g/mol. The number of aliphatic imine (C=N–C) groups is 1. The second kappa shape index (κ2) is 10.5. The van der Waals surface area contributed by atoms with Gasteiger partial charge < -0.3 is 15.2 Å². The standard InChI is InChI=1S/C19H24ClN7O/c1-2-21-19(22-10-3-13-27-14-4-11-24-27)23-12-9-17-25-18(26-28-17)15-5-7-16(20)8-6-15/h4-8,11,14H,2-3,9-10,12-13H2,1H3,(H2,21,22,23). The van der Waals surface area contributed by atoms with Crippen molar-refractivity contribution >= 4 is 17.6 Å². The van der Waals surface area contributed by atoms with E-state index in [2.05, 4.69) is 30.9 Å². The number of nitrogens with one attached hydrogen (secondary N) is 2. The van der Waals surface area contributed by atoms with Crippen LogP contribution in [0.4, 0.5) is 0 Å². The fourth-order valence-electron chi connectivity index (χ4n) is 2.56. The number of hydrogen-bond acceptors (Lipinski definition) is 5. The summed E-state index contributed by atoms with van der Waals surface area (Å²) in [6.07, 6.45) is 5.27. The third kappa shape index (κ3) is 6.09. The van der Waals surface area contributed by atoms with E-state index < -0.39 is 0 Å². The topological polar surface area (TPSA) is 93.2 Å². The summed E-state index contributed by atoms with van der Waals surface area (Å²) in [5.74, 6) is 1.92. The molecule has 0 radical (unpaired) electrons. The van der Waals surface area contributed by atoms with Crippen LogP contribution in [0, 0.1) is 0 Å². The molecule has 0 bridgehead atoms. The van der Waals surface area contributed by atoms with Crippen LogP contribution in [-0.2, 0) is 13.0 Å². The Balaban J connectivity index is 1.44. The van der Waals surface area contributed by atoms with Crippen molar-refractivity contribution in [2.24, 2.45) is 4.99 Å². The number of aryl methyl sites for hydroxylation is 1. The van der Waals surface area contributed by atoms with E-state index >= 15 is 0 Å². The predicted octanol–water partition coefficient (Wildman–Crippen LogP) is 2.77. The molecule has 9 heteroatoms. The second-order valence-corrected chi connectivity index (χ2v) is 6.52. The molecule has 3 rings (SSSR count). The first kappa shape index (κ1) is 19.9. The van der Waals surface area contributed by atoms with Crippen molar-refractivity contribution in [2.45, 2.75) is 26.3 Å². The van der Waals surface area contributed by atoms with Crippen LogP contribution in [0.1, 0.15) is 19.2 Å². The SMILES string of the molecule is CCNC(=NCCCn1cccn1)NCCc1nc(-c2ccc(Cl)cc2)no1. The molecule has 0 atom stereocenters. The Hall–Kier alpha value is -2.87. The molecule has 0 aliphatic rings. The van der Waals surface area contributed by atoms with E-state index in [1.54, 1.807) is 18.3 Å². The lowest BCUT2D eigenvalue weighted by Crippen LogP contribution is -2.38. The Bertz CT molecular complexity index is 859. The second-order valence-electron chi connectivity index (χ2n) is 6.08. The largest absolute Gasteiger partial charge is 0.357 e. The highest BCUT2D eigenvalue weighted by atomic mass is 35.5. The first-order valence-electron chi connectivity index (χ1n) is 9.32. The summed E-state index contributed by atoms with van der Waals surface area (Å²) in [4.78, 5) is 9.01. The van der Waals surface area contributed by atoms with Gasteiger partial charge in [0.2, 0.25) is 11.7 Å². The van der Waals surface area contributed by atoms with Crippen molar-refractivity contribution < 1.29 is 4.52 Å². The molecule has 0 aliphatic carbocycles. The number of halogens is 1. The lowest BCUT2D eigenvalue weighted by molar-refractivity contribution is 0.378. The highest BCUT2D eigenvalue weighted by Gasteiger charge is 2.08. The zero-order chi connectivity index (χ0) is 19.6. The highest BCUT2D eigenvalue weighted by molar-refractivity contribution is 6.30. The molecular weight excluding hydrogens is 378 g/mol. The summed E-state index contributed by atoms with van der Waals surface area (Å²) in [5, 5.41) is 15.4. The summed E-state index contributed by atoms with van der Waals surface area (Å²) in [6, 6.07) is 9.27. The maximum absolute atomic E-state index is 5.91. The number of benzene rings is 1. The number of guanidine groups is 1. The lowest BCUT2D eigenvalue weighted by atomic mass is 10.2. The van der Waals surface area contributed by atoms with Gasteiger partial charge in [-0.25, -0.2) is 0 Å². The van der Waals surface area contributed by atoms with E-state index in [9.17, 15) is 0 Å². The zero-order valence-corrected chi connectivity index (χ0v) is 16.6. The fourth-order valence-corrected chi connectivity index (χ4v) is 2.68. The molecule has 0 saturated carbocycles. The van der Waals surface area contributed by atoms with Crippen LogP contribution in [0.5, 0.6) is 0 Å². The lowest BCUT2D eigenvalue weighted by Gasteiger charge is -2.10. The molecule has 28 heavy (non-hydrogen) atoms. The highest BCUT2D eigenvalue weighted by Crippen LogP contribution is 2.18. The minimum Gasteiger partial charge on any atom is -0.357 e. The maximum Gasteiger partial charge on any atom is 0.228 e. The predicted molar refractivity (Wildman–Crippen MR) is 109 cm³/mol. The van der Waals surface area contributed by atoms with Crippen molar-refractivity contribution in [3.05, 3.63) is 53.6 Å². The van der Waals surface area contributed by atoms with E-state index in [-0.39, 0.29) is 0 Å². The van der Waals surface area contributed by atoms with Gasteiger partial charge in [-0.15, -0.1) is 0 Å². The Labute approximate surface area is 169 Å². The van der Waals surface area contributed by atoms with E-state index in [1.165, 1.54) is 0 Å². The zero-order valence-electron chi connectivity index (χ0n) is 15.8. The molecule has 0 amide bonds. The van der Waals surface area contributed by atoms with Crippen LogP contribution in [0.15, 0.2) is 52.2 Å². The first-order chi connectivity index (χ1) is 13.7. The van der Waals surface area contributed by atoms with Crippen molar-refractivity contribution in [3.8, 4) is 11.4 Å². The molecule has 1 aromatic carbocycles. The molecule has 148 valence electrons. The van der Waals surface area contributed by atoms with Crippen molar-refractivity contribution in [2.75, 3.05) is 19.6 Å². The van der Waals surface area contributed by atoms with Gasteiger partial charge in [0.15, 0.2) is 5.96 Å². The summed E-state index contributed by atoms with van der Waals surface area (Å²) in [5.41, 5.74) is 0.874. The molecule has 2 heterocycles. The van der Waals surface area contributed by atoms with Crippen LogP contribution < -0.4 is 10.6 Å². The fraction of sp³-hybridized carbons (Fsp3) is 0.368. The van der Waals surface area contributed by atoms with Gasteiger partial charge in [-0.2, -0.15) is 10.1 Å². The molecule has 8 nitrogen and oxygen atoms in total. The molecule has 0 saturated heterocycles. The average Bonchev–Trinajstić information content (AvgIpc) is 3.38. The minimum absolute atomic E-state index is 0.561. The van der Waals surface area contributed by atoms with Gasteiger partial charge in [0.1, 0.15) is 0 Å². The number of hydrogen-bond donors (Lipinski definition) is 2. The third-order valence-corrected chi connectivity index (χ3v) is 4.17. The van der Waals surface area contributed by atoms with Gasteiger partial charge in [-0.1, -0.05) is 16.8 Å². The third-order valence-electron chi connectivity index (χ3n) is 3.92. The van der Waals surface area contributed by atoms with Gasteiger partial charge in [-0.3, -0.25) is 9.67 Å². The minimum atomic E-state index is 0.561. The van der Waals surface area contributed by atoms with Crippen LogP contribution >= 0.6 is 11.6 Å². The normalized spacial score (nSPS) is 11.6. The summed E-state index contributed by atoms with van der Waals surface area (Å²) >= 11 is 5.91. The van der Waals surface area contributed by atoms with Crippen LogP contribution in [-0.4, -0.2) is 45.5 Å². The number of rotatable bonds is 9. The van der Waals surface area contributed by atoms with Gasteiger partial charge in [0, 0.05) is 55.6 Å². The molecule has 2 N–H and O–H groups in total. The number of aromatic nitrogens is 4. The summed E-state index contributed by atoms with van der Waals surface area (Å²) in [7, 11) is 0. The van der Waals surface area contributed by atoms with E-state index in [1.807, 2.05) is 36.0 Å². The van der Waals surface area contributed by atoms with Gasteiger partial charge in [0.05, 0.1) is 0 Å². The Kier molecular flexibility index (Phi) is 7.43. The van der Waals surface area contributed by atoms with E-state index in [4.69, 9.17) is 16.1 Å². The quantitative estimate of drug-likeness (QED) is 0.325. The first-order valence-corrected chi connectivity index (χ1v) is 9.70. The molecule has 0 unspecified atom stereocenters. The van der Waals surface area contributed by atoms with Crippen molar-refractivity contribution in [3.63, 3.8) is 0 Å². The van der Waals surface area contributed by atoms with Crippen molar-refractivity contribution in [1.29, 1.82) is 0 Å². The van der Waals surface area contributed by atoms with E-state index in [0.29, 0.717) is 29.7 Å².